The average molecular weight is 389 g/mol. The Morgan fingerprint density at radius 2 is 1.72 bits per heavy atom. The van der Waals surface area contributed by atoms with Crippen LogP contribution in [-0.2, 0) is 0 Å². The number of amides is 2. The highest BCUT2D eigenvalue weighted by molar-refractivity contribution is 5.89. The number of carbonyl (C=O) groups is 1. The fraction of sp³-hybridized carbons (Fsp3) is 0.238. The van der Waals surface area contributed by atoms with E-state index < -0.39 is 0 Å². The number of anilines is 4. The zero-order valence-electron chi connectivity index (χ0n) is 16.2. The van der Waals surface area contributed by atoms with Crippen LogP contribution in [0.5, 0.6) is 0 Å². The van der Waals surface area contributed by atoms with Gasteiger partial charge in [-0.3, -0.25) is 4.98 Å². The number of nitrogens with zero attached hydrogens (tertiary/aromatic N) is 5. The molecule has 0 radical (unpaired) electrons. The third-order valence-corrected chi connectivity index (χ3v) is 4.78. The Balaban J connectivity index is 1.30. The summed E-state index contributed by atoms with van der Waals surface area (Å²) in [5.74, 6) is 1.47. The molecule has 1 aliphatic rings. The van der Waals surface area contributed by atoms with Crippen molar-refractivity contribution in [2.24, 2.45) is 0 Å². The molecule has 1 aromatic carbocycles. The van der Waals surface area contributed by atoms with E-state index in [4.69, 9.17) is 0 Å². The molecule has 4 rings (SSSR count). The van der Waals surface area contributed by atoms with Crippen LogP contribution in [-0.4, -0.2) is 52.3 Å². The number of aryl methyl sites for hydroxylation is 1. The van der Waals surface area contributed by atoms with Gasteiger partial charge in [0.05, 0.1) is 11.9 Å². The lowest BCUT2D eigenvalue weighted by Crippen LogP contribution is -2.50. The molecule has 29 heavy (non-hydrogen) atoms. The maximum atomic E-state index is 12.5. The van der Waals surface area contributed by atoms with Crippen molar-refractivity contribution in [3.8, 4) is 0 Å². The van der Waals surface area contributed by atoms with Gasteiger partial charge in [0, 0.05) is 38.1 Å². The minimum atomic E-state index is -0.0735. The fourth-order valence-corrected chi connectivity index (χ4v) is 3.12. The molecule has 148 valence electrons. The summed E-state index contributed by atoms with van der Waals surface area (Å²) in [7, 11) is 0. The first-order chi connectivity index (χ1) is 14.2. The zero-order valence-corrected chi connectivity index (χ0v) is 16.2. The van der Waals surface area contributed by atoms with Gasteiger partial charge in [0.25, 0.3) is 0 Å². The maximum absolute atomic E-state index is 12.5. The summed E-state index contributed by atoms with van der Waals surface area (Å²) in [5.41, 5.74) is 2.84. The van der Waals surface area contributed by atoms with Crippen molar-refractivity contribution in [1.29, 1.82) is 0 Å². The normalized spacial score (nSPS) is 13.8. The second-order valence-electron chi connectivity index (χ2n) is 6.91. The van der Waals surface area contributed by atoms with Crippen molar-refractivity contribution in [2.45, 2.75) is 6.92 Å². The van der Waals surface area contributed by atoms with Crippen LogP contribution in [0.4, 0.5) is 27.8 Å². The number of piperazine rings is 1. The van der Waals surface area contributed by atoms with Gasteiger partial charge in [0.1, 0.15) is 0 Å². The van der Waals surface area contributed by atoms with Gasteiger partial charge in [0.2, 0.25) is 0 Å². The minimum absolute atomic E-state index is 0.0735. The van der Waals surface area contributed by atoms with Crippen LogP contribution in [0.3, 0.4) is 0 Å². The molecular weight excluding hydrogens is 366 g/mol. The highest BCUT2D eigenvalue weighted by Crippen LogP contribution is 2.17. The smallest absolute Gasteiger partial charge is 0.321 e. The van der Waals surface area contributed by atoms with Crippen LogP contribution >= 0.6 is 0 Å². The summed E-state index contributed by atoms with van der Waals surface area (Å²) in [6.07, 6.45) is 3.46. The van der Waals surface area contributed by atoms with E-state index in [2.05, 4.69) is 30.7 Å². The number of benzene rings is 1. The van der Waals surface area contributed by atoms with Crippen LogP contribution in [0, 0.1) is 6.92 Å². The van der Waals surface area contributed by atoms with Crippen molar-refractivity contribution in [3.63, 3.8) is 0 Å². The Kier molecular flexibility index (Phi) is 5.51. The molecular formula is C21H23N7O. The Hall–Kier alpha value is -3.68. The number of carbonyl (C=O) groups excluding carboxylic acids is 1. The first kappa shape index (κ1) is 18.7. The summed E-state index contributed by atoms with van der Waals surface area (Å²) < 4.78 is 0. The van der Waals surface area contributed by atoms with E-state index in [9.17, 15) is 4.79 Å². The molecule has 3 aromatic rings. The van der Waals surface area contributed by atoms with E-state index in [1.165, 1.54) is 5.56 Å². The Morgan fingerprint density at radius 3 is 2.38 bits per heavy atom. The molecule has 0 unspecified atom stereocenters. The highest BCUT2D eigenvalue weighted by Gasteiger charge is 2.22. The summed E-state index contributed by atoms with van der Waals surface area (Å²) in [6, 6.07) is 15.3. The van der Waals surface area contributed by atoms with E-state index in [1.54, 1.807) is 12.4 Å². The molecule has 8 nitrogen and oxygen atoms in total. The zero-order chi connectivity index (χ0) is 20.1. The second-order valence-corrected chi connectivity index (χ2v) is 6.91. The molecule has 2 aromatic heterocycles. The fourth-order valence-electron chi connectivity index (χ4n) is 3.12. The van der Waals surface area contributed by atoms with Crippen LogP contribution in [0.25, 0.3) is 0 Å². The summed E-state index contributed by atoms with van der Waals surface area (Å²) in [6.45, 7) is 4.72. The Morgan fingerprint density at radius 1 is 0.931 bits per heavy atom. The predicted octanol–water partition coefficient (Wildman–Crippen LogP) is 3.28. The van der Waals surface area contributed by atoms with Crippen LogP contribution in [0.1, 0.15) is 5.56 Å². The van der Waals surface area contributed by atoms with Gasteiger partial charge in [-0.1, -0.05) is 17.7 Å². The van der Waals surface area contributed by atoms with Crippen molar-refractivity contribution >= 4 is 29.0 Å². The van der Waals surface area contributed by atoms with Gasteiger partial charge in [-0.25, -0.2) is 4.79 Å². The largest absolute Gasteiger partial charge is 0.352 e. The van der Waals surface area contributed by atoms with Crippen LogP contribution in [0.15, 0.2) is 60.9 Å². The molecule has 0 aliphatic carbocycles. The van der Waals surface area contributed by atoms with E-state index >= 15 is 0 Å². The molecule has 8 heteroatoms. The number of hydrogen-bond acceptors (Lipinski definition) is 6. The molecule has 1 aliphatic heterocycles. The van der Waals surface area contributed by atoms with Crippen molar-refractivity contribution in [2.75, 3.05) is 41.7 Å². The number of hydrogen-bond donors (Lipinski definition) is 2. The lowest BCUT2D eigenvalue weighted by Gasteiger charge is -2.35. The summed E-state index contributed by atoms with van der Waals surface area (Å²) in [5, 5.41) is 14.7. The van der Waals surface area contributed by atoms with Crippen LogP contribution in [0.2, 0.25) is 0 Å². The Labute approximate surface area is 169 Å². The molecule has 1 saturated heterocycles. The highest BCUT2D eigenvalue weighted by atomic mass is 16.2. The first-order valence-electron chi connectivity index (χ1n) is 9.56. The van der Waals surface area contributed by atoms with Gasteiger partial charge in [0.15, 0.2) is 11.6 Å². The number of aromatic nitrogens is 3. The summed E-state index contributed by atoms with van der Waals surface area (Å²) in [4.78, 5) is 20.5. The molecule has 0 saturated carbocycles. The molecule has 0 atom stereocenters. The van der Waals surface area contributed by atoms with Crippen LogP contribution < -0.4 is 15.5 Å². The third-order valence-electron chi connectivity index (χ3n) is 4.78. The van der Waals surface area contributed by atoms with E-state index in [0.29, 0.717) is 32.0 Å². The van der Waals surface area contributed by atoms with Crippen molar-refractivity contribution in [1.82, 2.24) is 20.1 Å². The molecule has 2 N–H and O–H groups in total. The summed E-state index contributed by atoms with van der Waals surface area (Å²) >= 11 is 0. The van der Waals surface area contributed by atoms with Crippen molar-refractivity contribution < 1.29 is 4.79 Å². The molecule has 2 amide bonds. The monoisotopic (exact) mass is 389 g/mol. The molecule has 0 spiro atoms. The minimum Gasteiger partial charge on any atom is -0.352 e. The van der Waals surface area contributed by atoms with Gasteiger partial charge in [-0.05, 0) is 43.3 Å². The standard InChI is InChI=1S/C21H23N7O/c1-16-4-6-17(7-5-16)24-21(29)28-13-11-27(12-14-28)20-9-8-19(25-26-20)23-18-3-2-10-22-15-18/h2-10,15H,11-14H2,1H3,(H,23,25)(H,24,29). The predicted molar refractivity (Wildman–Crippen MR) is 114 cm³/mol. The average Bonchev–Trinajstić information content (AvgIpc) is 2.77. The van der Waals surface area contributed by atoms with E-state index in [1.807, 2.05) is 60.4 Å². The van der Waals surface area contributed by atoms with Gasteiger partial charge in [-0.2, -0.15) is 0 Å². The molecule has 1 fully saturated rings. The second kappa shape index (κ2) is 8.55. The van der Waals surface area contributed by atoms with E-state index in [-0.39, 0.29) is 6.03 Å². The topological polar surface area (TPSA) is 86.3 Å². The number of urea groups is 1. The van der Waals surface area contributed by atoms with E-state index in [0.717, 1.165) is 17.2 Å². The maximum Gasteiger partial charge on any atom is 0.321 e. The number of pyridine rings is 1. The Bertz CT molecular complexity index is 937. The third kappa shape index (κ3) is 4.78. The lowest BCUT2D eigenvalue weighted by molar-refractivity contribution is 0.208. The number of rotatable bonds is 4. The van der Waals surface area contributed by atoms with Gasteiger partial charge in [-0.15, -0.1) is 10.2 Å². The van der Waals surface area contributed by atoms with Gasteiger partial charge < -0.3 is 20.4 Å². The molecule has 0 bridgehead atoms. The quantitative estimate of drug-likeness (QED) is 0.712. The van der Waals surface area contributed by atoms with Crippen molar-refractivity contribution in [3.05, 3.63) is 66.5 Å². The lowest BCUT2D eigenvalue weighted by atomic mass is 10.2. The SMILES string of the molecule is Cc1ccc(NC(=O)N2CCN(c3ccc(Nc4cccnc4)nn3)CC2)cc1. The van der Waals surface area contributed by atoms with Gasteiger partial charge >= 0.3 is 6.03 Å². The first-order valence-corrected chi connectivity index (χ1v) is 9.56. The molecule has 3 heterocycles. The number of nitrogens with one attached hydrogen (secondary N) is 2.